The third-order valence-electron chi connectivity index (χ3n) is 2.78. The number of halogens is 1. The van der Waals surface area contributed by atoms with E-state index in [0.29, 0.717) is 5.17 Å². The van der Waals surface area contributed by atoms with Gasteiger partial charge in [0.2, 0.25) is 0 Å². The third kappa shape index (κ3) is 4.39. The number of benzene rings is 2. The van der Waals surface area contributed by atoms with E-state index in [1.54, 1.807) is 11.8 Å². The molecule has 0 unspecified atom stereocenters. The van der Waals surface area contributed by atoms with Crippen molar-refractivity contribution in [3.05, 3.63) is 63.6 Å². The summed E-state index contributed by atoms with van der Waals surface area (Å²) < 4.78 is 1.10. The number of thioether (sulfide) groups is 1. The summed E-state index contributed by atoms with van der Waals surface area (Å²) in [5, 5.41) is 0.589. The fraction of sp³-hybridized carbons (Fsp3) is 0.188. The Hall–Kier alpha value is -1.26. The second-order valence-corrected chi connectivity index (χ2v) is 6.53. The second-order valence-electron chi connectivity index (χ2n) is 4.68. The van der Waals surface area contributed by atoms with Crippen molar-refractivity contribution in [1.29, 1.82) is 0 Å². The van der Waals surface area contributed by atoms with E-state index in [9.17, 15) is 0 Å². The molecule has 0 fully saturated rings. The van der Waals surface area contributed by atoms with Gasteiger partial charge in [-0.15, -0.1) is 0 Å². The lowest BCUT2D eigenvalue weighted by atomic mass is 10.1. The molecule has 0 aliphatic heterocycles. The van der Waals surface area contributed by atoms with Gasteiger partial charge in [0, 0.05) is 10.2 Å². The molecule has 0 saturated carbocycles. The van der Waals surface area contributed by atoms with Crippen LogP contribution in [0.3, 0.4) is 0 Å². The first-order chi connectivity index (χ1) is 9.54. The van der Waals surface area contributed by atoms with Crippen LogP contribution in [0.1, 0.15) is 16.7 Å². The molecule has 0 bridgehead atoms. The monoisotopic (exact) mass is 348 g/mol. The molecule has 0 aliphatic rings. The minimum atomic E-state index is 0.589. The van der Waals surface area contributed by atoms with Crippen molar-refractivity contribution in [2.45, 2.75) is 19.6 Å². The standard InChI is InChI=1S/C16H17BrN2S/c1-11-7-12(2)9-14(8-11)19-16(18)20-10-13-5-3-4-6-15(13)17/h3-9H,10H2,1-2H3,(H2,18,19). The van der Waals surface area contributed by atoms with E-state index in [1.165, 1.54) is 16.7 Å². The maximum atomic E-state index is 6.00. The van der Waals surface area contributed by atoms with E-state index in [-0.39, 0.29) is 0 Å². The summed E-state index contributed by atoms with van der Waals surface area (Å²) >= 11 is 5.09. The van der Waals surface area contributed by atoms with Gasteiger partial charge in [-0.1, -0.05) is 52.0 Å². The Balaban J connectivity index is 2.06. The molecule has 0 radical (unpaired) electrons. The number of amidine groups is 1. The first-order valence-electron chi connectivity index (χ1n) is 6.33. The summed E-state index contributed by atoms with van der Waals surface area (Å²) in [5.41, 5.74) is 10.5. The Morgan fingerprint density at radius 2 is 1.80 bits per heavy atom. The summed E-state index contributed by atoms with van der Waals surface area (Å²) in [4.78, 5) is 4.47. The lowest BCUT2D eigenvalue weighted by Gasteiger charge is -2.05. The Bertz CT molecular complexity index is 618. The second kappa shape index (κ2) is 6.95. The number of rotatable bonds is 3. The van der Waals surface area contributed by atoms with E-state index in [0.717, 1.165) is 15.9 Å². The van der Waals surface area contributed by atoms with Gasteiger partial charge in [-0.2, -0.15) is 0 Å². The van der Waals surface area contributed by atoms with Crippen molar-refractivity contribution < 1.29 is 0 Å². The molecule has 0 spiro atoms. The zero-order valence-electron chi connectivity index (χ0n) is 11.6. The van der Waals surface area contributed by atoms with Gasteiger partial charge in [0.15, 0.2) is 5.17 Å². The van der Waals surface area contributed by atoms with Crippen LogP contribution in [0.2, 0.25) is 0 Å². The Labute approximate surface area is 132 Å². The highest BCUT2D eigenvalue weighted by molar-refractivity contribution is 9.10. The molecule has 0 saturated heterocycles. The van der Waals surface area contributed by atoms with Gasteiger partial charge < -0.3 is 5.73 Å². The van der Waals surface area contributed by atoms with E-state index >= 15 is 0 Å². The molecule has 2 aromatic carbocycles. The molecule has 0 atom stereocenters. The normalized spacial score (nSPS) is 11.7. The fourth-order valence-electron chi connectivity index (χ4n) is 1.94. The van der Waals surface area contributed by atoms with E-state index in [1.807, 2.05) is 30.3 Å². The van der Waals surface area contributed by atoms with Crippen LogP contribution in [0.15, 0.2) is 51.9 Å². The van der Waals surface area contributed by atoms with Gasteiger partial charge in [-0.05, 0) is 48.7 Å². The van der Waals surface area contributed by atoms with E-state index < -0.39 is 0 Å². The molecule has 0 aliphatic carbocycles. The smallest absolute Gasteiger partial charge is 0.159 e. The predicted molar refractivity (Wildman–Crippen MR) is 92.6 cm³/mol. The van der Waals surface area contributed by atoms with Crippen molar-refractivity contribution in [2.24, 2.45) is 10.7 Å². The van der Waals surface area contributed by atoms with Gasteiger partial charge in [0.1, 0.15) is 0 Å². The zero-order chi connectivity index (χ0) is 14.5. The number of aliphatic imine (C=N–C) groups is 1. The number of nitrogens with zero attached hydrogens (tertiary/aromatic N) is 1. The highest BCUT2D eigenvalue weighted by Crippen LogP contribution is 2.23. The summed E-state index contributed by atoms with van der Waals surface area (Å²) in [6, 6.07) is 14.4. The first kappa shape index (κ1) is 15.1. The Morgan fingerprint density at radius 3 is 2.45 bits per heavy atom. The molecule has 104 valence electrons. The maximum Gasteiger partial charge on any atom is 0.159 e. The van der Waals surface area contributed by atoms with Gasteiger partial charge in [0.25, 0.3) is 0 Å². The number of hydrogen-bond donors (Lipinski definition) is 1. The lowest BCUT2D eigenvalue weighted by molar-refractivity contribution is 1.35. The van der Waals surface area contributed by atoms with E-state index in [4.69, 9.17) is 5.73 Å². The highest BCUT2D eigenvalue weighted by atomic mass is 79.9. The van der Waals surface area contributed by atoms with Gasteiger partial charge in [-0.25, -0.2) is 4.99 Å². The molecule has 0 aromatic heterocycles. The van der Waals surface area contributed by atoms with Crippen LogP contribution in [-0.4, -0.2) is 5.17 Å². The average molecular weight is 349 g/mol. The quantitative estimate of drug-likeness (QED) is 0.629. The highest BCUT2D eigenvalue weighted by Gasteiger charge is 2.02. The maximum absolute atomic E-state index is 6.00. The molecule has 0 heterocycles. The molecule has 2 aromatic rings. The fourth-order valence-corrected chi connectivity index (χ4v) is 3.28. The van der Waals surface area contributed by atoms with Crippen LogP contribution in [0.25, 0.3) is 0 Å². The van der Waals surface area contributed by atoms with Gasteiger partial charge in [0.05, 0.1) is 5.69 Å². The van der Waals surface area contributed by atoms with Crippen molar-refractivity contribution in [2.75, 3.05) is 0 Å². The summed E-state index contributed by atoms with van der Waals surface area (Å²) in [6.45, 7) is 4.13. The lowest BCUT2D eigenvalue weighted by Crippen LogP contribution is -2.06. The zero-order valence-corrected chi connectivity index (χ0v) is 14.0. The van der Waals surface area contributed by atoms with Gasteiger partial charge in [-0.3, -0.25) is 0 Å². The van der Waals surface area contributed by atoms with Gasteiger partial charge >= 0.3 is 0 Å². The molecule has 2 N–H and O–H groups in total. The van der Waals surface area contributed by atoms with Crippen LogP contribution >= 0.6 is 27.7 Å². The van der Waals surface area contributed by atoms with Crippen LogP contribution in [0.5, 0.6) is 0 Å². The Kier molecular flexibility index (Phi) is 5.26. The van der Waals surface area contributed by atoms with Crippen molar-refractivity contribution >= 4 is 38.5 Å². The van der Waals surface area contributed by atoms with Crippen molar-refractivity contribution in [3.8, 4) is 0 Å². The molecule has 0 amide bonds. The molecule has 2 rings (SSSR count). The predicted octanol–water partition coefficient (Wildman–Crippen LogP) is 4.95. The van der Waals surface area contributed by atoms with E-state index in [2.05, 4.69) is 46.9 Å². The van der Waals surface area contributed by atoms with Crippen LogP contribution in [0.4, 0.5) is 5.69 Å². The van der Waals surface area contributed by atoms with Crippen LogP contribution in [-0.2, 0) is 5.75 Å². The minimum Gasteiger partial charge on any atom is -0.378 e. The molecular formula is C16H17BrN2S. The third-order valence-corrected chi connectivity index (χ3v) is 4.40. The summed E-state index contributed by atoms with van der Waals surface area (Å²) in [6.07, 6.45) is 0. The summed E-state index contributed by atoms with van der Waals surface area (Å²) in [7, 11) is 0. The average Bonchev–Trinajstić information content (AvgIpc) is 2.36. The SMILES string of the molecule is Cc1cc(C)cc(N=C(N)SCc2ccccc2Br)c1. The number of nitrogens with two attached hydrogens (primary N) is 1. The van der Waals surface area contributed by atoms with Crippen molar-refractivity contribution in [3.63, 3.8) is 0 Å². The van der Waals surface area contributed by atoms with Crippen LogP contribution < -0.4 is 5.73 Å². The summed E-state index contributed by atoms with van der Waals surface area (Å²) in [5.74, 6) is 0.807. The largest absolute Gasteiger partial charge is 0.378 e. The molecule has 2 nitrogen and oxygen atoms in total. The topological polar surface area (TPSA) is 38.4 Å². The molecular weight excluding hydrogens is 332 g/mol. The minimum absolute atomic E-state index is 0.589. The first-order valence-corrected chi connectivity index (χ1v) is 8.11. The number of hydrogen-bond acceptors (Lipinski definition) is 2. The number of aryl methyl sites for hydroxylation is 2. The molecule has 4 heteroatoms. The molecule has 20 heavy (non-hydrogen) atoms. The van der Waals surface area contributed by atoms with Crippen molar-refractivity contribution in [1.82, 2.24) is 0 Å². The Morgan fingerprint density at radius 1 is 1.15 bits per heavy atom. The van der Waals surface area contributed by atoms with Crippen LogP contribution in [0, 0.1) is 13.8 Å².